The summed E-state index contributed by atoms with van der Waals surface area (Å²) in [6.07, 6.45) is 1.85. The minimum atomic E-state index is -0.897. The molecule has 0 bridgehead atoms. The number of carbonyl (C=O) groups excluding carboxylic acids is 1. The van der Waals surface area contributed by atoms with Crippen molar-refractivity contribution in [2.75, 3.05) is 26.2 Å². The normalized spacial score (nSPS) is 16.0. The Morgan fingerprint density at radius 1 is 1.06 bits per heavy atom. The third-order valence-electron chi connectivity index (χ3n) is 5.88. The van der Waals surface area contributed by atoms with Crippen molar-refractivity contribution < 1.29 is 24.6 Å². The number of carbonyl (C=O) groups is 2. The van der Waals surface area contributed by atoms with Gasteiger partial charge in [-0.15, -0.1) is 0 Å². The summed E-state index contributed by atoms with van der Waals surface area (Å²) in [7, 11) is 0. The maximum Gasteiger partial charge on any atom is 0.407 e. The first kappa shape index (κ1) is 23.3. The lowest BCUT2D eigenvalue weighted by Crippen LogP contribution is -2.36. The van der Waals surface area contributed by atoms with Gasteiger partial charge in [-0.25, -0.2) is 10.3 Å². The van der Waals surface area contributed by atoms with Crippen LogP contribution in [0.25, 0.3) is 16.8 Å². The highest BCUT2D eigenvalue weighted by atomic mass is 16.5. The highest BCUT2D eigenvalue weighted by Crippen LogP contribution is 2.25. The average molecular weight is 462 g/mol. The summed E-state index contributed by atoms with van der Waals surface area (Å²) in [5, 5.41) is 23.6. The van der Waals surface area contributed by atoms with Crippen LogP contribution in [0.4, 0.5) is 4.79 Å². The van der Waals surface area contributed by atoms with Crippen LogP contribution in [0.3, 0.4) is 0 Å². The number of hydrogen-bond acceptors (Lipinski definition) is 5. The molecule has 0 spiro atoms. The summed E-state index contributed by atoms with van der Waals surface area (Å²) in [5.74, 6) is 0.220. The number of ether oxygens (including phenoxy) is 1. The number of carboxylic acid groups (broad SMARTS) is 1. The van der Waals surface area contributed by atoms with Crippen molar-refractivity contribution in [3.63, 3.8) is 0 Å². The Labute approximate surface area is 197 Å². The van der Waals surface area contributed by atoms with E-state index in [2.05, 4.69) is 5.32 Å². The number of amides is 2. The second-order valence-electron chi connectivity index (χ2n) is 8.23. The van der Waals surface area contributed by atoms with Crippen LogP contribution >= 0.6 is 0 Å². The molecule has 0 aromatic heterocycles. The quantitative estimate of drug-likeness (QED) is 0.300. The zero-order chi connectivity index (χ0) is 23.9. The van der Waals surface area contributed by atoms with Gasteiger partial charge in [0.15, 0.2) is 0 Å². The number of nitrogens with one attached hydrogen (secondary N) is 2. The third-order valence-corrected chi connectivity index (χ3v) is 5.88. The molecule has 1 aliphatic rings. The maximum atomic E-state index is 11.6. The number of hydroxylamine groups is 1. The molecule has 4 N–H and O–H groups in total. The first-order valence-electron chi connectivity index (χ1n) is 11.1. The van der Waals surface area contributed by atoms with Crippen molar-refractivity contribution >= 4 is 28.8 Å². The second kappa shape index (κ2) is 10.8. The number of benzene rings is 3. The molecule has 8 nitrogen and oxygen atoms in total. The van der Waals surface area contributed by atoms with Gasteiger partial charge >= 0.3 is 6.09 Å². The topological polar surface area (TPSA) is 111 Å². The van der Waals surface area contributed by atoms with Crippen LogP contribution in [-0.2, 0) is 0 Å². The van der Waals surface area contributed by atoms with Gasteiger partial charge in [0, 0.05) is 36.6 Å². The molecule has 1 saturated heterocycles. The fraction of sp³-hybridized carbons (Fsp3) is 0.231. The fourth-order valence-electron chi connectivity index (χ4n) is 4.04. The van der Waals surface area contributed by atoms with E-state index in [1.807, 2.05) is 48.5 Å². The smallest absolute Gasteiger partial charge is 0.407 e. The lowest BCUT2D eigenvalue weighted by molar-refractivity contribution is 0.0706. The molecule has 0 radical (unpaired) electrons. The van der Waals surface area contributed by atoms with Gasteiger partial charge in [0.1, 0.15) is 12.4 Å². The molecule has 1 unspecified atom stereocenters. The molecule has 34 heavy (non-hydrogen) atoms. The SMILES string of the molecule is O=C(NO)c1ccc(/C=C(/CNC2CCN(C(=O)O)C2)COc2cccc3ccccc23)cc1. The fourth-order valence-corrected chi connectivity index (χ4v) is 4.04. The predicted molar refractivity (Wildman–Crippen MR) is 129 cm³/mol. The minimum Gasteiger partial charge on any atom is -0.489 e. The summed E-state index contributed by atoms with van der Waals surface area (Å²) >= 11 is 0. The van der Waals surface area contributed by atoms with Crippen molar-refractivity contribution in [1.29, 1.82) is 0 Å². The standard InChI is InChI=1S/C26H27N3O5/c30-25(28-33)21-10-8-18(9-11-21)14-19(15-27-22-12-13-29(16-22)26(31)32)17-34-24-7-3-5-20-4-1-2-6-23(20)24/h1-11,14,22,27,33H,12-13,15-17H2,(H,28,30)(H,31,32)/b19-14-. The maximum absolute atomic E-state index is 11.6. The molecule has 1 aliphatic heterocycles. The summed E-state index contributed by atoms with van der Waals surface area (Å²) in [6, 6.07) is 20.9. The van der Waals surface area contributed by atoms with Gasteiger partial charge in [-0.3, -0.25) is 10.0 Å². The molecule has 2 amide bonds. The van der Waals surface area contributed by atoms with E-state index in [9.17, 15) is 14.7 Å². The number of hydrogen-bond donors (Lipinski definition) is 4. The Bertz CT molecular complexity index is 1190. The van der Waals surface area contributed by atoms with Gasteiger partial charge in [-0.05, 0) is 41.1 Å². The monoisotopic (exact) mass is 461 g/mol. The Morgan fingerprint density at radius 3 is 2.56 bits per heavy atom. The summed E-state index contributed by atoms with van der Waals surface area (Å²) in [5.41, 5.74) is 3.83. The molecule has 0 saturated carbocycles. The highest BCUT2D eigenvalue weighted by molar-refractivity contribution is 5.93. The van der Waals surface area contributed by atoms with Crippen LogP contribution in [0.1, 0.15) is 22.3 Å². The Kier molecular flexibility index (Phi) is 7.41. The average Bonchev–Trinajstić information content (AvgIpc) is 3.35. The Balaban J connectivity index is 1.50. The van der Waals surface area contributed by atoms with Gasteiger partial charge in [0.25, 0.3) is 5.91 Å². The Morgan fingerprint density at radius 2 is 1.82 bits per heavy atom. The molecule has 4 rings (SSSR count). The van der Waals surface area contributed by atoms with Crippen LogP contribution in [0.5, 0.6) is 5.75 Å². The zero-order valence-electron chi connectivity index (χ0n) is 18.6. The number of fused-ring (bicyclic) bond motifs is 1. The molecule has 176 valence electrons. The zero-order valence-corrected chi connectivity index (χ0v) is 18.6. The molecular formula is C26H27N3O5. The summed E-state index contributed by atoms with van der Waals surface area (Å²) < 4.78 is 6.20. The first-order valence-corrected chi connectivity index (χ1v) is 11.1. The lowest BCUT2D eigenvalue weighted by atomic mass is 10.1. The molecule has 3 aromatic carbocycles. The largest absolute Gasteiger partial charge is 0.489 e. The van der Waals surface area contributed by atoms with E-state index >= 15 is 0 Å². The lowest BCUT2D eigenvalue weighted by Gasteiger charge is -2.17. The first-order chi connectivity index (χ1) is 16.5. The van der Waals surface area contributed by atoms with E-state index in [0.717, 1.165) is 34.1 Å². The van der Waals surface area contributed by atoms with Crippen molar-refractivity contribution in [2.45, 2.75) is 12.5 Å². The number of rotatable bonds is 8. The highest BCUT2D eigenvalue weighted by Gasteiger charge is 2.25. The molecule has 8 heteroatoms. The minimum absolute atomic E-state index is 0.0766. The molecular weight excluding hydrogens is 434 g/mol. The van der Waals surface area contributed by atoms with E-state index in [0.29, 0.717) is 31.8 Å². The summed E-state index contributed by atoms with van der Waals surface area (Å²) in [6.45, 7) is 1.85. The predicted octanol–water partition coefficient (Wildman–Crippen LogP) is 3.76. The van der Waals surface area contributed by atoms with Gasteiger partial charge < -0.3 is 20.1 Å². The van der Waals surface area contributed by atoms with E-state index in [-0.39, 0.29) is 6.04 Å². The molecule has 3 aromatic rings. The molecule has 1 atom stereocenters. The van der Waals surface area contributed by atoms with Crippen LogP contribution < -0.4 is 15.5 Å². The van der Waals surface area contributed by atoms with Crippen molar-refractivity contribution in [3.8, 4) is 5.75 Å². The van der Waals surface area contributed by atoms with Gasteiger partial charge in [0.05, 0.1) is 0 Å². The van der Waals surface area contributed by atoms with Crippen molar-refractivity contribution in [3.05, 3.63) is 83.4 Å². The number of nitrogens with zero attached hydrogens (tertiary/aromatic N) is 1. The summed E-state index contributed by atoms with van der Waals surface area (Å²) in [4.78, 5) is 24.2. The molecule has 1 heterocycles. The van der Waals surface area contributed by atoms with Crippen LogP contribution in [0, 0.1) is 0 Å². The van der Waals surface area contributed by atoms with E-state index in [1.54, 1.807) is 29.7 Å². The molecule has 0 aliphatic carbocycles. The van der Waals surface area contributed by atoms with Crippen LogP contribution in [-0.4, -0.2) is 59.5 Å². The van der Waals surface area contributed by atoms with Crippen molar-refractivity contribution in [2.24, 2.45) is 0 Å². The van der Waals surface area contributed by atoms with E-state index in [1.165, 1.54) is 4.90 Å². The van der Waals surface area contributed by atoms with Gasteiger partial charge in [-0.2, -0.15) is 0 Å². The second-order valence-corrected chi connectivity index (χ2v) is 8.23. The number of likely N-dealkylation sites (tertiary alicyclic amines) is 1. The van der Waals surface area contributed by atoms with Crippen LogP contribution in [0.15, 0.2) is 72.3 Å². The van der Waals surface area contributed by atoms with Crippen molar-refractivity contribution in [1.82, 2.24) is 15.7 Å². The van der Waals surface area contributed by atoms with E-state index < -0.39 is 12.0 Å². The Hall–Kier alpha value is -3.88. The van der Waals surface area contributed by atoms with E-state index in [4.69, 9.17) is 9.94 Å². The van der Waals surface area contributed by atoms with Crippen LogP contribution in [0.2, 0.25) is 0 Å². The molecule has 1 fully saturated rings. The third kappa shape index (κ3) is 5.72. The van der Waals surface area contributed by atoms with Gasteiger partial charge in [-0.1, -0.05) is 54.6 Å². The van der Waals surface area contributed by atoms with Gasteiger partial charge in [0.2, 0.25) is 0 Å².